The van der Waals surface area contributed by atoms with Crippen molar-refractivity contribution in [3.05, 3.63) is 60.4 Å². The van der Waals surface area contributed by atoms with Crippen LogP contribution >= 0.6 is 0 Å². The topological polar surface area (TPSA) is 99.1 Å². The highest BCUT2D eigenvalue weighted by atomic mass is 16.5. The van der Waals surface area contributed by atoms with E-state index in [0.717, 1.165) is 22.2 Å². The third-order valence-corrected chi connectivity index (χ3v) is 7.04. The number of para-hydroxylation sites is 1. The molecule has 0 atom stereocenters. The van der Waals surface area contributed by atoms with Gasteiger partial charge in [0, 0.05) is 76.6 Å². The number of aryl methyl sites for hydroxylation is 1. The number of nitrogens with zero attached hydrogens (tertiary/aromatic N) is 7. The van der Waals surface area contributed by atoms with Gasteiger partial charge in [-0.15, -0.1) is 0 Å². The predicted octanol–water partition coefficient (Wildman–Crippen LogP) is 4.24. The van der Waals surface area contributed by atoms with Gasteiger partial charge >= 0.3 is 0 Å². The van der Waals surface area contributed by atoms with Crippen LogP contribution in [0.25, 0.3) is 22.2 Å². The Morgan fingerprint density at radius 3 is 2.40 bits per heavy atom. The second-order valence-corrected chi connectivity index (χ2v) is 10.5. The van der Waals surface area contributed by atoms with Gasteiger partial charge in [0.2, 0.25) is 11.9 Å². The number of carbonyl (C=O) groups is 2. The number of rotatable bonds is 11. The Morgan fingerprint density at radius 1 is 1.00 bits per heavy atom. The molecular weight excluding hydrogens is 532 g/mol. The number of carbonyl (C=O) groups excluding carboxylic acids is 2. The van der Waals surface area contributed by atoms with Gasteiger partial charge in [0.25, 0.3) is 5.91 Å². The molecule has 0 radical (unpaired) electrons. The Balaban J connectivity index is 1.86. The maximum atomic E-state index is 13.8. The summed E-state index contributed by atoms with van der Waals surface area (Å²) in [4.78, 5) is 40.2. The Morgan fingerprint density at radius 2 is 1.74 bits per heavy atom. The van der Waals surface area contributed by atoms with Crippen molar-refractivity contribution in [2.75, 3.05) is 65.8 Å². The van der Waals surface area contributed by atoms with Crippen LogP contribution in [0.1, 0.15) is 23.7 Å². The summed E-state index contributed by atoms with van der Waals surface area (Å²) in [6.07, 6.45) is 3.95. The molecule has 0 aliphatic carbocycles. The van der Waals surface area contributed by atoms with Gasteiger partial charge in [-0.2, -0.15) is 0 Å². The van der Waals surface area contributed by atoms with Gasteiger partial charge in [0.15, 0.2) is 0 Å². The third-order valence-electron chi connectivity index (χ3n) is 7.04. The van der Waals surface area contributed by atoms with E-state index in [9.17, 15) is 9.59 Å². The number of methoxy groups -OCH3 is 1. The quantitative estimate of drug-likeness (QED) is 0.267. The van der Waals surface area contributed by atoms with Crippen LogP contribution < -0.4 is 15.1 Å². The molecule has 11 nitrogen and oxygen atoms in total. The summed E-state index contributed by atoms with van der Waals surface area (Å²) >= 11 is 0. The molecule has 0 unspecified atom stereocenters. The number of hydrogen-bond donors (Lipinski definition) is 1. The molecule has 1 N–H and O–H groups in total. The van der Waals surface area contributed by atoms with Gasteiger partial charge < -0.3 is 24.4 Å². The van der Waals surface area contributed by atoms with Crippen molar-refractivity contribution < 1.29 is 14.3 Å². The molecule has 0 saturated carbocycles. The van der Waals surface area contributed by atoms with E-state index >= 15 is 0 Å². The van der Waals surface area contributed by atoms with Gasteiger partial charge in [-0.25, -0.2) is 20.0 Å². The lowest BCUT2D eigenvalue weighted by atomic mass is 10.1. The second-order valence-electron chi connectivity index (χ2n) is 10.5. The van der Waals surface area contributed by atoms with Crippen LogP contribution in [0, 0.1) is 0 Å². The average Bonchev–Trinajstić information content (AvgIpc) is 3.32. The normalized spacial score (nSPS) is 11.3. The van der Waals surface area contributed by atoms with E-state index in [1.165, 1.54) is 5.01 Å². The fourth-order valence-electron chi connectivity index (χ4n) is 4.84. The minimum Gasteiger partial charge on any atom is -0.494 e. The molecule has 4 rings (SSSR count). The number of anilines is 3. The van der Waals surface area contributed by atoms with Crippen molar-refractivity contribution in [2.24, 2.45) is 7.05 Å². The van der Waals surface area contributed by atoms with Gasteiger partial charge in [-0.3, -0.25) is 9.59 Å². The summed E-state index contributed by atoms with van der Waals surface area (Å²) < 4.78 is 7.81. The lowest BCUT2D eigenvalue weighted by Gasteiger charge is -2.33. The molecule has 11 heteroatoms. The standard InChI is InChI=1S/C31H40N8O3/c1-9-27(40)39(36(4)5)29-22(30(41)37(6)19-18-35(2)3)14-15-26(42-8)28(29)34-31-32-17-16-24(33-31)23-20-38(7)25-13-11-10-12-21(23)25/h10-17,20H,9,18-19H2,1-8H3,(H,32,33,34). The van der Waals surface area contributed by atoms with Crippen molar-refractivity contribution in [1.82, 2.24) is 29.3 Å². The average molecular weight is 573 g/mol. The van der Waals surface area contributed by atoms with E-state index in [1.54, 1.807) is 63.4 Å². The molecule has 2 heterocycles. The fraction of sp³-hybridized carbons (Fsp3) is 0.355. The maximum Gasteiger partial charge on any atom is 0.255 e. The second kappa shape index (κ2) is 13.0. The fourth-order valence-corrected chi connectivity index (χ4v) is 4.84. The van der Waals surface area contributed by atoms with E-state index < -0.39 is 0 Å². The summed E-state index contributed by atoms with van der Waals surface area (Å²) in [5.74, 6) is 0.325. The summed E-state index contributed by atoms with van der Waals surface area (Å²) in [7, 11) is 12.7. The number of aromatic nitrogens is 3. The Kier molecular flexibility index (Phi) is 9.44. The number of hydrogen-bond acceptors (Lipinski definition) is 8. The van der Waals surface area contributed by atoms with E-state index in [0.29, 0.717) is 41.7 Å². The van der Waals surface area contributed by atoms with Gasteiger partial charge in [-0.05, 0) is 38.4 Å². The zero-order valence-electron chi connectivity index (χ0n) is 25.7. The summed E-state index contributed by atoms with van der Waals surface area (Å²) in [6.45, 7) is 2.99. The van der Waals surface area contributed by atoms with Crippen LogP contribution in [0.5, 0.6) is 5.75 Å². The minimum absolute atomic E-state index is 0.188. The van der Waals surface area contributed by atoms with Crippen LogP contribution in [-0.4, -0.2) is 96.6 Å². The Bertz CT molecular complexity index is 1580. The monoisotopic (exact) mass is 572 g/mol. The zero-order chi connectivity index (χ0) is 30.6. The van der Waals surface area contributed by atoms with E-state index in [2.05, 4.69) is 27.0 Å². The van der Waals surface area contributed by atoms with Crippen molar-refractivity contribution in [1.29, 1.82) is 0 Å². The van der Waals surface area contributed by atoms with Crippen molar-refractivity contribution in [2.45, 2.75) is 13.3 Å². The molecule has 0 fully saturated rings. The number of hydrazine groups is 1. The SMILES string of the molecule is CCC(=O)N(c1c(C(=O)N(C)CCN(C)C)ccc(OC)c1Nc1nccc(-c2cn(C)c3ccccc23)n1)N(C)C. The predicted molar refractivity (Wildman–Crippen MR) is 167 cm³/mol. The minimum atomic E-state index is -0.223. The Hall–Kier alpha value is -4.48. The first-order valence-electron chi connectivity index (χ1n) is 13.8. The zero-order valence-corrected chi connectivity index (χ0v) is 25.7. The molecule has 42 heavy (non-hydrogen) atoms. The highest BCUT2D eigenvalue weighted by Crippen LogP contribution is 2.41. The smallest absolute Gasteiger partial charge is 0.255 e. The van der Waals surface area contributed by atoms with Crippen molar-refractivity contribution in [3.63, 3.8) is 0 Å². The maximum absolute atomic E-state index is 13.8. The lowest BCUT2D eigenvalue weighted by molar-refractivity contribution is -0.120. The third kappa shape index (κ3) is 6.22. The van der Waals surface area contributed by atoms with Crippen LogP contribution in [0.3, 0.4) is 0 Å². The molecule has 0 saturated heterocycles. The first-order chi connectivity index (χ1) is 20.1. The molecule has 2 amide bonds. The molecule has 222 valence electrons. The van der Waals surface area contributed by atoms with Crippen LogP contribution in [0.4, 0.5) is 17.3 Å². The van der Waals surface area contributed by atoms with Crippen LogP contribution in [0.15, 0.2) is 54.9 Å². The highest BCUT2D eigenvalue weighted by molar-refractivity contribution is 6.09. The number of amides is 2. The number of fused-ring (bicyclic) bond motifs is 1. The Labute approximate surface area is 247 Å². The molecule has 0 aliphatic rings. The summed E-state index contributed by atoms with van der Waals surface area (Å²) in [6, 6.07) is 13.4. The van der Waals surface area contributed by atoms with Crippen molar-refractivity contribution in [3.8, 4) is 17.0 Å². The summed E-state index contributed by atoms with van der Waals surface area (Å²) in [5, 5.41) is 7.53. The number of nitrogens with one attached hydrogen (secondary N) is 1. The van der Waals surface area contributed by atoms with Gasteiger partial charge in [0.1, 0.15) is 17.1 Å². The molecule has 4 aromatic rings. The van der Waals surface area contributed by atoms with Crippen LogP contribution in [-0.2, 0) is 11.8 Å². The van der Waals surface area contributed by atoms with Crippen molar-refractivity contribution >= 4 is 40.0 Å². The molecular formula is C31H40N8O3. The molecule has 2 aromatic carbocycles. The van der Waals surface area contributed by atoms with E-state index in [4.69, 9.17) is 9.72 Å². The van der Waals surface area contributed by atoms with Gasteiger partial charge in [-0.1, -0.05) is 25.1 Å². The van der Waals surface area contributed by atoms with E-state index in [-0.39, 0.29) is 18.2 Å². The first-order valence-corrected chi connectivity index (χ1v) is 13.8. The molecule has 2 aromatic heterocycles. The molecule has 0 aliphatic heterocycles. The van der Waals surface area contributed by atoms with Gasteiger partial charge in [0.05, 0.1) is 18.4 Å². The number of benzene rings is 2. The largest absolute Gasteiger partial charge is 0.494 e. The molecule has 0 bridgehead atoms. The van der Waals surface area contributed by atoms with Crippen LogP contribution in [0.2, 0.25) is 0 Å². The number of likely N-dealkylation sites (N-methyl/N-ethyl adjacent to an activating group) is 2. The lowest BCUT2D eigenvalue weighted by Crippen LogP contribution is -2.44. The first kappa shape index (κ1) is 30.5. The molecule has 0 spiro atoms. The highest BCUT2D eigenvalue weighted by Gasteiger charge is 2.30. The summed E-state index contributed by atoms with van der Waals surface area (Å²) in [5.41, 5.74) is 3.92. The van der Waals surface area contributed by atoms with E-state index in [1.807, 2.05) is 50.4 Å². The number of ether oxygens (including phenoxy) is 1.